The maximum atomic E-state index is 14.5. The molecule has 0 saturated carbocycles. The van der Waals surface area contributed by atoms with Gasteiger partial charge in [-0.1, -0.05) is 12.1 Å². The number of aryl methyl sites for hydroxylation is 2. The lowest BCUT2D eigenvalue weighted by Gasteiger charge is -2.10. The van der Waals surface area contributed by atoms with E-state index in [-0.39, 0.29) is 46.8 Å². The van der Waals surface area contributed by atoms with Gasteiger partial charge in [-0.2, -0.15) is 31.3 Å². The monoisotopic (exact) mass is 673 g/mol. The van der Waals surface area contributed by atoms with Crippen LogP contribution in [0.1, 0.15) is 22.5 Å². The van der Waals surface area contributed by atoms with Gasteiger partial charge in [0.2, 0.25) is 5.28 Å². The Morgan fingerprint density at radius 2 is 1.26 bits per heavy atom. The lowest BCUT2D eigenvalue weighted by molar-refractivity contribution is -0.141. The molecule has 2 aromatic carbocycles. The van der Waals surface area contributed by atoms with Gasteiger partial charge in [0.1, 0.15) is 23.3 Å². The normalized spacial score (nSPS) is 11.7. The number of aromatic nitrogens is 6. The van der Waals surface area contributed by atoms with E-state index in [4.69, 9.17) is 23.1 Å². The fourth-order valence-corrected chi connectivity index (χ4v) is 4.25. The van der Waals surface area contributed by atoms with E-state index >= 15 is 0 Å². The molecule has 0 aliphatic heterocycles. The number of benzene rings is 2. The highest BCUT2D eigenvalue weighted by molar-refractivity contribution is 6.28. The summed E-state index contributed by atoms with van der Waals surface area (Å²) in [5.41, 5.74) is 10.3. The van der Waals surface area contributed by atoms with Crippen LogP contribution in [0.2, 0.25) is 5.28 Å². The Morgan fingerprint density at radius 3 is 1.70 bits per heavy atom. The van der Waals surface area contributed by atoms with E-state index in [1.807, 2.05) is 0 Å². The summed E-state index contributed by atoms with van der Waals surface area (Å²) < 4.78 is 106. The third-order valence-electron chi connectivity index (χ3n) is 6.37. The standard InChI is InChI=1S/C16H13ClF4N6.C12H11F4N3/c1-27-7-12(16(19,20)21)25-14(27)9-3-2-8(4-10(9)18)5-23-13-11(22)6-24-15(17)26-13;1-19-6-10(12(14,15)16)18-11(19)8-3-2-7(5-17)4-9(8)13/h2-4,6-7H,5,22H2,1H3,(H,23,24,26);2-4,6H,5,17H2,1H3. The Morgan fingerprint density at radius 1 is 0.783 bits per heavy atom. The number of imidazole rings is 2. The predicted octanol–water partition coefficient (Wildman–Crippen LogP) is 6.59. The Bertz CT molecular complexity index is 1850. The minimum Gasteiger partial charge on any atom is -0.394 e. The van der Waals surface area contributed by atoms with Gasteiger partial charge in [-0.25, -0.2) is 23.7 Å². The molecule has 0 spiro atoms. The molecule has 46 heavy (non-hydrogen) atoms. The van der Waals surface area contributed by atoms with Gasteiger partial charge in [-0.15, -0.1) is 0 Å². The number of nitrogens with zero attached hydrogens (tertiary/aromatic N) is 6. The summed E-state index contributed by atoms with van der Waals surface area (Å²) in [7, 11) is 2.75. The van der Waals surface area contributed by atoms with E-state index in [1.54, 1.807) is 12.1 Å². The van der Waals surface area contributed by atoms with Crippen LogP contribution in [0.5, 0.6) is 0 Å². The van der Waals surface area contributed by atoms with Gasteiger partial charge in [0.25, 0.3) is 0 Å². The molecule has 3 aromatic heterocycles. The minimum absolute atomic E-state index is 0.00322. The van der Waals surface area contributed by atoms with E-state index in [9.17, 15) is 35.1 Å². The molecule has 0 saturated heterocycles. The fourth-order valence-electron chi connectivity index (χ4n) is 4.12. The number of nitrogen functional groups attached to an aromatic ring is 1. The number of rotatable bonds is 6. The molecule has 244 valence electrons. The molecule has 0 unspecified atom stereocenters. The van der Waals surface area contributed by atoms with Crippen molar-refractivity contribution in [1.82, 2.24) is 29.1 Å². The first-order chi connectivity index (χ1) is 21.5. The number of hydrogen-bond donors (Lipinski definition) is 3. The van der Waals surface area contributed by atoms with E-state index in [0.717, 1.165) is 21.5 Å². The number of anilines is 2. The molecule has 5 aromatic rings. The molecule has 0 aliphatic carbocycles. The van der Waals surface area contributed by atoms with Gasteiger partial charge in [-0.3, -0.25) is 0 Å². The molecular weight excluding hydrogens is 650 g/mol. The van der Waals surface area contributed by atoms with E-state index in [2.05, 4.69) is 25.3 Å². The van der Waals surface area contributed by atoms with Crippen LogP contribution in [0.15, 0.2) is 55.0 Å². The zero-order valence-corrected chi connectivity index (χ0v) is 24.6. The molecule has 3 heterocycles. The zero-order chi connectivity index (χ0) is 34.0. The second-order valence-electron chi connectivity index (χ2n) is 9.75. The summed E-state index contributed by atoms with van der Waals surface area (Å²) in [5.74, 6) is -1.26. The first-order valence-electron chi connectivity index (χ1n) is 13.0. The molecule has 5 N–H and O–H groups in total. The van der Waals surface area contributed by atoms with Crippen molar-refractivity contribution in [3.63, 3.8) is 0 Å². The average molecular weight is 674 g/mol. The molecule has 0 bridgehead atoms. The first-order valence-corrected chi connectivity index (χ1v) is 13.4. The van der Waals surface area contributed by atoms with Gasteiger partial charge in [0.15, 0.2) is 17.2 Å². The number of halogens is 9. The molecule has 0 atom stereocenters. The van der Waals surface area contributed by atoms with Crippen molar-refractivity contribution in [3.05, 3.63) is 94.4 Å². The zero-order valence-electron chi connectivity index (χ0n) is 23.9. The number of nitrogens with two attached hydrogens (primary N) is 2. The van der Waals surface area contributed by atoms with Crippen molar-refractivity contribution < 1.29 is 35.1 Å². The molecule has 5 rings (SSSR count). The minimum atomic E-state index is -4.60. The highest BCUT2D eigenvalue weighted by Gasteiger charge is 2.35. The molecule has 0 fully saturated rings. The summed E-state index contributed by atoms with van der Waals surface area (Å²) in [5, 5.41) is 2.90. The Kier molecular flexibility index (Phi) is 9.86. The summed E-state index contributed by atoms with van der Waals surface area (Å²) in [6.45, 7) is 0.328. The van der Waals surface area contributed by atoms with Crippen LogP contribution in [-0.2, 0) is 39.5 Å². The Hall–Kier alpha value is -4.77. The van der Waals surface area contributed by atoms with Crippen molar-refractivity contribution >= 4 is 23.1 Å². The summed E-state index contributed by atoms with van der Waals surface area (Å²) in [6, 6.07) is 8.25. The van der Waals surface area contributed by atoms with Crippen LogP contribution in [0.25, 0.3) is 22.8 Å². The molecular formula is C28H24ClF8N9. The van der Waals surface area contributed by atoms with E-state index in [1.165, 1.54) is 44.6 Å². The maximum Gasteiger partial charge on any atom is 0.434 e. The second kappa shape index (κ2) is 13.3. The lowest BCUT2D eigenvalue weighted by atomic mass is 10.1. The molecule has 9 nitrogen and oxygen atoms in total. The summed E-state index contributed by atoms with van der Waals surface area (Å²) >= 11 is 5.69. The smallest absolute Gasteiger partial charge is 0.394 e. The number of alkyl halides is 6. The average Bonchev–Trinajstić information content (AvgIpc) is 3.56. The first kappa shape index (κ1) is 34.1. The SMILES string of the molecule is Cn1cc(C(F)(F)F)nc1-c1ccc(CN)cc1F.Cn1cc(C(F)(F)F)nc1-c1ccc(CNc2nc(Cl)ncc2N)cc1F. The second-order valence-corrected chi connectivity index (χ2v) is 10.1. The van der Waals surface area contributed by atoms with Gasteiger partial charge in [-0.05, 0) is 47.0 Å². The fraction of sp³-hybridized carbons (Fsp3) is 0.214. The van der Waals surface area contributed by atoms with Gasteiger partial charge in [0.05, 0.1) is 23.0 Å². The van der Waals surface area contributed by atoms with Crippen LogP contribution >= 0.6 is 11.6 Å². The quantitative estimate of drug-likeness (QED) is 0.137. The largest absolute Gasteiger partial charge is 0.434 e. The van der Waals surface area contributed by atoms with Crippen LogP contribution in [0.3, 0.4) is 0 Å². The molecule has 0 aliphatic rings. The van der Waals surface area contributed by atoms with Crippen LogP contribution < -0.4 is 16.8 Å². The van der Waals surface area contributed by atoms with Crippen LogP contribution in [0.4, 0.5) is 46.6 Å². The highest BCUT2D eigenvalue weighted by Crippen LogP contribution is 2.33. The third-order valence-corrected chi connectivity index (χ3v) is 6.55. The van der Waals surface area contributed by atoms with Crippen molar-refractivity contribution in [2.75, 3.05) is 11.1 Å². The van der Waals surface area contributed by atoms with Crippen molar-refractivity contribution in [3.8, 4) is 22.8 Å². The van der Waals surface area contributed by atoms with Gasteiger partial charge < -0.3 is 25.9 Å². The molecule has 0 amide bonds. The summed E-state index contributed by atoms with van der Waals surface area (Å²) in [6.07, 6.45) is -6.18. The van der Waals surface area contributed by atoms with E-state index in [0.29, 0.717) is 16.9 Å². The third kappa shape index (κ3) is 7.89. The highest BCUT2D eigenvalue weighted by atomic mass is 35.5. The van der Waals surface area contributed by atoms with Gasteiger partial charge >= 0.3 is 12.4 Å². The topological polar surface area (TPSA) is 125 Å². The van der Waals surface area contributed by atoms with Gasteiger partial charge in [0, 0.05) is 39.6 Å². The van der Waals surface area contributed by atoms with Crippen molar-refractivity contribution in [2.24, 2.45) is 19.8 Å². The van der Waals surface area contributed by atoms with E-state index < -0.39 is 35.4 Å². The van der Waals surface area contributed by atoms with Crippen molar-refractivity contribution in [2.45, 2.75) is 25.4 Å². The Balaban J connectivity index is 0.000000222. The van der Waals surface area contributed by atoms with Crippen molar-refractivity contribution in [1.29, 1.82) is 0 Å². The maximum absolute atomic E-state index is 14.5. The van der Waals surface area contributed by atoms with Crippen LogP contribution in [0, 0.1) is 11.6 Å². The predicted molar refractivity (Wildman–Crippen MR) is 154 cm³/mol. The summed E-state index contributed by atoms with van der Waals surface area (Å²) in [4.78, 5) is 14.6. The molecule has 18 heteroatoms. The molecule has 0 radical (unpaired) electrons. The van der Waals surface area contributed by atoms with Crippen LogP contribution in [-0.4, -0.2) is 29.1 Å². The lowest BCUT2D eigenvalue weighted by Crippen LogP contribution is -2.06. The number of hydrogen-bond acceptors (Lipinski definition) is 7. The number of nitrogens with one attached hydrogen (secondary N) is 1. The Labute approximate surface area is 260 Å².